The van der Waals surface area contributed by atoms with Gasteiger partial charge in [0.1, 0.15) is 5.78 Å². The van der Waals surface area contributed by atoms with Crippen LogP contribution in [0.5, 0.6) is 0 Å². The molecule has 0 atom stereocenters. The molecule has 0 amide bonds. The molecule has 15 heavy (non-hydrogen) atoms. The molecule has 0 fully saturated rings. The predicted octanol–water partition coefficient (Wildman–Crippen LogP) is 5.09. The number of hydrogen-bond donors (Lipinski definition) is 0. The average molecular weight is 216 g/mol. The Morgan fingerprint density at radius 2 is 0.867 bits per heavy atom. The van der Waals surface area contributed by atoms with E-state index in [-0.39, 0.29) is 5.78 Å². The second kappa shape index (κ2) is 8.94. The van der Waals surface area contributed by atoms with Crippen molar-refractivity contribution in [2.24, 2.45) is 10.8 Å². The lowest BCUT2D eigenvalue weighted by Gasteiger charge is -2.05. The van der Waals surface area contributed by atoms with Crippen LogP contribution in [-0.4, -0.2) is 5.78 Å². The van der Waals surface area contributed by atoms with Gasteiger partial charge in [-0.3, -0.25) is 0 Å². The molecule has 0 aromatic heterocycles. The molecule has 0 saturated carbocycles. The van der Waals surface area contributed by atoms with Gasteiger partial charge in [-0.25, -0.2) is 0 Å². The molecule has 1 heteroatoms. The fourth-order valence-corrected chi connectivity index (χ4v) is 0. The maximum atomic E-state index is 9.81. The lowest BCUT2D eigenvalue weighted by Crippen LogP contribution is -1.93. The fraction of sp³-hybridized carbons (Fsp3) is 0.929. The largest absolute Gasteiger partial charge is 0.300 e. The van der Waals surface area contributed by atoms with Crippen molar-refractivity contribution in [1.29, 1.82) is 0 Å². The van der Waals surface area contributed by atoms with Crippen LogP contribution in [0, 0.1) is 10.8 Å². The number of carbonyl (C=O) groups is 1. The van der Waals surface area contributed by atoms with Crippen molar-refractivity contribution in [1.82, 2.24) is 0 Å². The highest BCUT2D eigenvalue weighted by molar-refractivity contribution is 5.74. The van der Waals surface area contributed by atoms with E-state index in [2.05, 4.69) is 55.4 Å². The molecule has 0 rings (SSSR count). The molecule has 0 aromatic rings. The molecule has 0 radical (unpaired) electrons. The third-order valence-electron chi connectivity index (χ3n) is 0.498. The molecule has 0 bridgehead atoms. The van der Waals surface area contributed by atoms with E-state index in [1.165, 1.54) is 0 Å². The Kier molecular flexibility index (Phi) is 12.0. The maximum absolute atomic E-state index is 9.81. The van der Waals surface area contributed by atoms with E-state index in [1.807, 2.05) is 6.92 Å². The van der Waals surface area contributed by atoms with Crippen molar-refractivity contribution in [2.45, 2.75) is 75.7 Å². The molecule has 1 nitrogen and oxygen atoms in total. The first kappa shape index (κ1) is 20.1. The van der Waals surface area contributed by atoms with Crippen molar-refractivity contribution in [2.75, 3.05) is 0 Å². The van der Waals surface area contributed by atoms with Crippen molar-refractivity contribution < 1.29 is 4.79 Å². The average Bonchev–Trinajstić information content (AvgIpc) is 1.79. The number of hydrogen-bond acceptors (Lipinski definition) is 1. The molecule has 0 unspecified atom stereocenters. The lowest BCUT2D eigenvalue weighted by molar-refractivity contribution is -0.116. The van der Waals surface area contributed by atoms with Gasteiger partial charge in [-0.2, -0.15) is 0 Å². The summed E-state index contributed by atoms with van der Waals surface area (Å²) in [6, 6.07) is 0. The van der Waals surface area contributed by atoms with E-state index in [9.17, 15) is 4.79 Å². The van der Waals surface area contributed by atoms with E-state index in [0.29, 0.717) is 17.3 Å². The molecule has 0 aliphatic carbocycles. The minimum Gasteiger partial charge on any atom is -0.300 e. The molecule has 94 valence electrons. The summed E-state index contributed by atoms with van der Waals surface area (Å²) in [4.78, 5) is 9.81. The Morgan fingerprint density at radius 3 is 0.867 bits per heavy atom. The fourth-order valence-electron chi connectivity index (χ4n) is 0. The van der Waals surface area contributed by atoms with E-state index in [4.69, 9.17) is 0 Å². The van der Waals surface area contributed by atoms with Gasteiger partial charge in [0.2, 0.25) is 0 Å². The Labute approximate surface area is 97.7 Å². The molecule has 0 heterocycles. The zero-order valence-corrected chi connectivity index (χ0v) is 12.6. The molecule has 0 N–H and O–H groups in total. The van der Waals surface area contributed by atoms with Crippen LogP contribution >= 0.6 is 0 Å². The SMILES string of the molecule is CC(C)(C)C.CC(C)(C)C.CCC(C)=O. The van der Waals surface area contributed by atoms with Gasteiger partial charge in [0, 0.05) is 6.42 Å². The second-order valence-electron chi connectivity index (χ2n) is 7.06. The van der Waals surface area contributed by atoms with Gasteiger partial charge in [-0.05, 0) is 17.8 Å². The highest BCUT2D eigenvalue weighted by atomic mass is 16.1. The third-order valence-corrected chi connectivity index (χ3v) is 0.498. The summed E-state index contributed by atoms with van der Waals surface area (Å²) in [5.41, 5.74) is 1.00. The Hall–Kier alpha value is -0.330. The van der Waals surface area contributed by atoms with Crippen LogP contribution < -0.4 is 0 Å². The Morgan fingerprint density at radius 1 is 0.800 bits per heavy atom. The topological polar surface area (TPSA) is 17.1 Å². The number of ketones is 1. The molecule has 0 saturated heterocycles. The van der Waals surface area contributed by atoms with Crippen LogP contribution in [0.4, 0.5) is 0 Å². The quantitative estimate of drug-likeness (QED) is 0.596. The highest BCUT2D eigenvalue weighted by Gasteiger charge is 1.96. The molecular formula is C14H32O. The summed E-state index contributed by atoms with van der Waals surface area (Å²) < 4.78 is 0. The number of rotatable bonds is 1. The van der Waals surface area contributed by atoms with Crippen LogP contribution in [0.2, 0.25) is 0 Å². The van der Waals surface area contributed by atoms with Gasteiger partial charge < -0.3 is 4.79 Å². The summed E-state index contributed by atoms with van der Waals surface area (Å²) in [7, 11) is 0. The molecule has 0 aliphatic rings. The maximum Gasteiger partial charge on any atom is 0.129 e. The number of Topliss-reactive ketones (excluding diaryl/α,β-unsaturated/α-hetero) is 1. The van der Waals surface area contributed by atoms with Gasteiger partial charge in [-0.15, -0.1) is 0 Å². The van der Waals surface area contributed by atoms with Crippen LogP contribution in [0.25, 0.3) is 0 Å². The van der Waals surface area contributed by atoms with E-state index < -0.39 is 0 Å². The second-order valence-corrected chi connectivity index (χ2v) is 7.06. The third kappa shape index (κ3) is 668. The van der Waals surface area contributed by atoms with Crippen molar-refractivity contribution in [3.8, 4) is 0 Å². The Balaban J connectivity index is -0.000000144. The van der Waals surface area contributed by atoms with E-state index in [0.717, 1.165) is 0 Å². The zero-order valence-electron chi connectivity index (χ0n) is 12.6. The molecule has 0 spiro atoms. The first-order valence-corrected chi connectivity index (χ1v) is 5.76. The van der Waals surface area contributed by atoms with Gasteiger partial charge in [0.15, 0.2) is 0 Å². The lowest BCUT2D eigenvalue weighted by atomic mass is 10.0. The van der Waals surface area contributed by atoms with E-state index >= 15 is 0 Å². The summed E-state index contributed by atoms with van der Waals surface area (Å²) in [6.07, 6.45) is 0.667. The van der Waals surface area contributed by atoms with Gasteiger partial charge in [-0.1, -0.05) is 62.3 Å². The van der Waals surface area contributed by atoms with Crippen LogP contribution in [0.3, 0.4) is 0 Å². The first-order valence-electron chi connectivity index (χ1n) is 5.76. The summed E-state index contributed by atoms with van der Waals surface area (Å²) in [6.45, 7) is 20.9. The smallest absolute Gasteiger partial charge is 0.129 e. The highest BCUT2D eigenvalue weighted by Crippen LogP contribution is 2.08. The van der Waals surface area contributed by atoms with Crippen molar-refractivity contribution in [3.63, 3.8) is 0 Å². The van der Waals surface area contributed by atoms with Crippen LogP contribution in [0.15, 0.2) is 0 Å². The summed E-state index contributed by atoms with van der Waals surface area (Å²) in [5.74, 6) is 0.255. The molecular weight excluding hydrogens is 184 g/mol. The van der Waals surface area contributed by atoms with Crippen molar-refractivity contribution in [3.05, 3.63) is 0 Å². The van der Waals surface area contributed by atoms with Gasteiger partial charge in [0.05, 0.1) is 0 Å². The minimum atomic E-state index is 0.255. The zero-order chi connectivity index (χ0) is 13.3. The van der Waals surface area contributed by atoms with Crippen LogP contribution in [0.1, 0.15) is 75.7 Å². The normalized spacial score (nSPS) is 10.5. The van der Waals surface area contributed by atoms with Gasteiger partial charge in [0.25, 0.3) is 0 Å². The first-order chi connectivity index (χ1) is 6.27. The summed E-state index contributed by atoms with van der Waals surface area (Å²) >= 11 is 0. The van der Waals surface area contributed by atoms with Crippen molar-refractivity contribution >= 4 is 5.78 Å². The molecule has 0 aliphatic heterocycles. The monoisotopic (exact) mass is 216 g/mol. The van der Waals surface area contributed by atoms with E-state index in [1.54, 1.807) is 6.92 Å². The van der Waals surface area contributed by atoms with Gasteiger partial charge >= 0.3 is 0 Å². The standard InChI is InChI=1S/2C5H12.C4H8O/c2*1-5(2,3)4;1-3-4(2)5/h2*1-4H3;3H2,1-2H3. The van der Waals surface area contributed by atoms with Crippen LogP contribution in [-0.2, 0) is 4.79 Å². The molecule has 0 aromatic carbocycles. The predicted molar refractivity (Wildman–Crippen MR) is 71.2 cm³/mol. The Bertz CT molecular complexity index is 120. The summed E-state index contributed by atoms with van der Waals surface area (Å²) in [5, 5.41) is 0. The minimum absolute atomic E-state index is 0.255. The number of carbonyl (C=O) groups excluding carboxylic acids is 1.